The van der Waals surface area contributed by atoms with Gasteiger partial charge in [-0.2, -0.15) is 5.26 Å². The third kappa shape index (κ3) is 4.83. The minimum Gasteiger partial charge on any atom is -0.465 e. The second kappa shape index (κ2) is 8.11. The van der Waals surface area contributed by atoms with E-state index < -0.39 is 0 Å². The fourth-order valence-electron chi connectivity index (χ4n) is 1.67. The quantitative estimate of drug-likeness (QED) is 0.642. The van der Waals surface area contributed by atoms with Gasteiger partial charge in [0, 0.05) is 16.7 Å². The number of amides is 1. The fraction of sp³-hybridized carbons (Fsp3) is 0.176. The van der Waals surface area contributed by atoms with E-state index in [-0.39, 0.29) is 11.8 Å². The lowest BCUT2D eigenvalue weighted by Gasteiger charge is -2.09. The van der Waals surface area contributed by atoms with Crippen molar-refractivity contribution in [2.75, 3.05) is 11.1 Å². The van der Waals surface area contributed by atoms with E-state index in [9.17, 15) is 4.79 Å². The van der Waals surface area contributed by atoms with Crippen LogP contribution in [0.1, 0.15) is 12.7 Å². The van der Waals surface area contributed by atoms with Crippen molar-refractivity contribution in [1.29, 1.82) is 5.26 Å². The summed E-state index contributed by atoms with van der Waals surface area (Å²) in [6.45, 7) is 1.88. The number of para-hydroxylation sites is 1. The van der Waals surface area contributed by atoms with Crippen LogP contribution in [0.15, 0.2) is 58.1 Å². The van der Waals surface area contributed by atoms with Crippen molar-refractivity contribution in [3.8, 4) is 6.07 Å². The molecule has 0 saturated carbocycles. The van der Waals surface area contributed by atoms with Crippen molar-refractivity contribution < 1.29 is 9.21 Å². The summed E-state index contributed by atoms with van der Waals surface area (Å²) >= 11 is 1.56. The molecule has 0 radical (unpaired) electrons. The first-order valence-corrected chi connectivity index (χ1v) is 7.81. The number of hydrogen-bond acceptors (Lipinski definition) is 4. The van der Waals surface area contributed by atoms with E-state index in [2.05, 4.69) is 11.4 Å². The smallest absolute Gasteiger partial charge is 0.248 e. The molecular formula is C17H16N2O2S. The van der Waals surface area contributed by atoms with Crippen LogP contribution in [0.2, 0.25) is 0 Å². The van der Waals surface area contributed by atoms with Crippen LogP contribution < -0.4 is 5.32 Å². The summed E-state index contributed by atoms with van der Waals surface area (Å²) in [5.41, 5.74) is 0.742. The highest BCUT2D eigenvalue weighted by molar-refractivity contribution is 7.99. The fourth-order valence-corrected chi connectivity index (χ4v) is 2.62. The maximum atomic E-state index is 12.0. The van der Waals surface area contributed by atoms with Crippen molar-refractivity contribution in [3.63, 3.8) is 0 Å². The van der Waals surface area contributed by atoms with Crippen LogP contribution in [0, 0.1) is 17.2 Å². The lowest BCUT2D eigenvalue weighted by atomic mass is 10.3. The summed E-state index contributed by atoms with van der Waals surface area (Å²) in [4.78, 5) is 12.9. The molecule has 2 aromatic rings. The molecule has 1 N–H and O–H groups in total. The minimum absolute atomic E-state index is 0.0346. The maximum absolute atomic E-state index is 12.0. The van der Waals surface area contributed by atoms with Crippen LogP contribution in [-0.2, 0) is 4.79 Å². The normalized spacial score (nSPS) is 12.0. The topological polar surface area (TPSA) is 66.0 Å². The van der Waals surface area contributed by atoms with E-state index in [0.29, 0.717) is 11.5 Å². The predicted molar refractivity (Wildman–Crippen MR) is 88.3 cm³/mol. The number of nitriles is 1. The zero-order valence-corrected chi connectivity index (χ0v) is 13.0. The van der Waals surface area contributed by atoms with Crippen LogP contribution in [0.4, 0.5) is 5.69 Å². The van der Waals surface area contributed by atoms with Gasteiger partial charge >= 0.3 is 0 Å². The molecular weight excluding hydrogens is 296 g/mol. The molecule has 1 aromatic carbocycles. The number of carbonyl (C=O) groups excluding carboxylic acids is 1. The second-order valence-corrected chi connectivity index (χ2v) is 5.74. The van der Waals surface area contributed by atoms with Gasteiger partial charge in [-0.15, -0.1) is 11.8 Å². The monoisotopic (exact) mass is 312 g/mol. The molecule has 1 aromatic heterocycles. The number of hydrogen-bond donors (Lipinski definition) is 1. The molecule has 4 nitrogen and oxygen atoms in total. The summed E-state index contributed by atoms with van der Waals surface area (Å²) < 4.78 is 5.13. The van der Waals surface area contributed by atoms with Crippen molar-refractivity contribution in [2.24, 2.45) is 5.92 Å². The first-order valence-electron chi connectivity index (χ1n) is 6.83. The first kappa shape index (κ1) is 15.9. The lowest BCUT2D eigenvalue weighted by Crippen LogP contribution is -2.08. The number of rotatable bonds is 6. The number of thioether (sulfide) groups is 1. The molecule has 0 saturated heterocycles. The van der Waals surface area contributed by atoms with E-state index in [0.717, 1.165) is 10.6 Å². The van der Waals surface area contributed by atoms with Crippen molar-refractivity contribution in [3.05, 3.63) is 54.5 Å². The Kier molecular flexibility index (Phi) is 5.87. The van der Waals surface area contributed by atoms with Gasteiger partial charge in [-0.3, -0.25) is 4.79 Å². The van der Waals surface area contributed by atoms with E-state index in [4.69, 9.17) is 9.68 Å². The van der Waals surface area contributed by atoms with Crippen LogP contribution in [0.5, 0.6) is 0 Å². The van der Waals surface area contributed by atoms with Gasteiger partial charge in [-0.25, -0.2) is 0 Å². The SMILES string of the molecule is C[C@H](C#N)CSc1ccccc1NC(=O)/C=C/c1ccco1. The lowest BCUT2D eigenvalue weighted by molar-refractivity contribution is -0.111. The summed E-state index contributed by atoms with van der Waals surface area (Å²) in [6.07, 6.45) is 4.60. The molecule has 22 heavy (non-hydrogen) atoms. The van der Waals surface area contributed by atoms with Gasteiger partial charge in [0.25, 0.3) is 0 Å². The minimum atomic E-state index is -0.224. The molecule has 1 amide bonds. The largest absolute Gasteiger partial charge is 0.465 e. The average Bonchev–Trinajstić information content (AvgIpc) is 3.05. The molecule has 0 aliphatic carbocycles. The Labute approximate surface area is 133 Å². The van der Waals surface area contributed by atoms with E-state index in [1.54, 1.807) is 36.2 Å². The highest BCUT2D eigenvalue weighted by atomic mass is 32.2. The van der Waals surface area contributed by atoms with Gasteiger partial charge in [0.05, 0.1) is 23.9 Å². The Balaban J connectivity index is 2.00. The van der Waals surface area contributed by atoms with E-state index >= 15 is 0 Å². The number of nitrogens with zero attached hydrogens (tertiary/aromatic N) is 1. The average molecular weight is 312 g/mol. The number of anilines is 1. The van der Waals surface area contributed by atoms with Crippen LogP contribution in [0.3, 0.4) is 0 Å². The van der Waals surface area contributed by atoms with Gasteiger partial charge in [0.2, 0.25) is 5.91 Å². The molecule has 5 heteroatoms. The Morgan fingerprint density at radius 3 is 2.95 bits per heavy atom. The molecule has 112 valence electrons. The third-order valence-corrected chi connectivity index (χ3v) is 4.13. The molecule has 0 aliphatic rings. The van der Waals surface area contributed by atoms with Crippen LogP contribution in [0.25, 0.3) is 6.08 Å². The van der Waals surface area contributed by atoms with E-state index in [1.807, 2.05) is 31.2 Å². The van der Waals surface area contributed by atoms with Gasteiger partial charge in [-0.05, 0) is 37.3 Å². The second-order valence-electron chi connectivity index (χ2n) is 4.68. The third-order valence-electron chi connectivity index (χ3n) is 2.80. The Hall–Kier alpha value is -2.45. The van der Waals surface area contributed by atoms with Crippen molar-refractivity contribution in [1.82, 2.24) is 0 Å². The molecule has 0 unspecified atom stereocenters. The van der Waals surface area contributed by atoms with Gasteiger partial charge in [0.1, 0.15) is 5.76 Å². The van der Waals surface area contributed by atoms with Gasteiger partial charge < -0.3 is 9.73 Å². The van der Waals surface area contributed by atoms with Gasteiger partial charge in [0.15, 0.2) is 0 Å². The molecule has 1 atom stereocenters. The summed E-state index contributed by atoms with van der Waals surface area (Å²) in [6, 6.07) is 13.3. The first-order chi connectivity index (χ1) is 10.7. The number of carbonyl (C=O) groups is 1. The molecule has 0 fully saturated rings. The number of furan rings is 1. The zero-order valence-electron chi connectivity index (χ0n) is 12.2. The Bertz CT molecular complexity index is 687. The van der Waals surface area contributed by atoms with Gasteiger partial charge in [-0.1, -0.05) is 12.1 Å². The van der Waals surface area contributed by atoms with E-state index in [1.165, 1.54) is 6.08 Å². The van der Waals surface area contributed by atoms with Crippen LogP contribution >= 0.6 is 11.8 Å². The number of benzene rings is 1. The summed E-state index contributed by atoms with van der Waals surface area (Å²) in [5.74, 6) is 1.05. The van der Waals surface area contributed by atoms with Crippen molar-refractivity contribution >= 4 is 29.4 Å². The maximum Gasteiger partial charge on any atom is 0.248 e. The standard InChI is InChI=1S/C17H16N2O2S/c1-13(11-18)12-22-16-7-3-2-6-15(16)19-17(20)9-8-14-5-4-10-21-14/h2-10,13H,12H2,1H3,(H,19,20)/b9-8+/t13-/m1/s1. The molecule has 0 bridgehead atoms. The predicted octanol–water partition coefficient (Wildman–Crippen LogP) is 4.18. The van der Waals surface area contributed by atoms with Crippen molar-refractivity contribution in [2.45, 2.75) is 11.8 Å². The number of nitrogens with one attached hydrogen (secondary N) is 1. The van der Waals surface area contributed by atoms with Crippen LogP contribution in [-0.4, -0.2) is 11.7 Å². The molecule has 0 aliphatic heterocycles. The molecule has 2 rings (SSSR count). The molecule has 0 spiro atoms. The molecule has 1 heterocycles. The summed E-state index contributed by atoms with van der Waals surface area (Å²) in [7, 11) is 0. The highest BCUT2D eigenvalue weighted by Gasteiger charge is 2.07. The zero-order chi connectivity index (χ0) is 15.8. The highest BCUT2D eigenvalue weighted by Crippen LogP contribution is 2.28. The Morgan fingerprint density at radius 1 is 1.41 bits per heavy atom. The Morgan fingerprint density at radius 2 is 2.23 bits per heavy atom. The summed E-state index contributed by atoms with van der Waals surface area (Å²) in [5, 5.41) is 11.7.